The number of hydrogen-bond acceptors (Lipinski definition) is 3. The maximum atomic E-state index is 11.3. The molecule has 0 bridgehead atoms. The molecule has 0 amide bonds. The summed E-state index contributed by atoms with van der Waals surface area (Å²) >= 11 is 0. The standard InChI is InChI=1S/C49H42N3O.Pt/c1-32(2)35-23-24-44(42(30-35)34-17-10-7-11-18-34)52-45-21-14-20-40(47(45)51-48(52)41-19-12-13-22-46(41)53)37-27-38(29-39(28-37)49(3,4)5)43-31-36(25-26-50-43)33-15-8-6-9-16-33;/h6-26,28-32,53H,1-5H3;/q-1;/i6D,8D,9D,15D,16D,25D,26D,31D,32D;. The van der Waals surface area contributed by atoms with Gasteiger partial charge in [0.2, 0.25) is 0 Å². The van der Waals surface area contributed by atoms with Gasteiger partial charge in [-0.1, -0.05) is 143 Å². The van der Waals surface area contributed by atoms with Crippen LogP contribution in [0, 0.1) is 6.07 Å². The Kier molecular flexibility index (Phi) is 7.55. The number of para-hydroxylation sites is 2. The van der Waals surface area contributed by atoms with Gasteiger partial charge < -0.3 is 5.11 Å². The first kappa shape index (κ1) is 27.1. The first-order valence-electron chi connectivity index (χ1n) is 21.9. The topological polar surface area (TPSA) is 50.9 Å². The van der Waals surface area contributed by atoms with Crippen LogP contribution in [0.5, 0.6) is 5.75 Å². The van der Waals surface area contributed by atoms with Gasteiger partial charge in [-0.3, -0.25) is 9.55 Å². The summed E-state index contributed by atoms with van der Waals surface area (Å²) < 4.78 is 79.7. The molecule has 4 nitrogen and oxygen atoms in total. The smallest absolute Gasteiger partial charge is 0.148 e. The molecule has 270 valence electrons. The average Bonchev–Trinajstić information content (AvgIpc) is 3.63. The van der Waals surface area contributed by atoms with Crippen molar-refractivity contribution in [3.63, 3.8) is 0 Å². The van der Waals surface area contributed by atoms with Crippen LogP contribution >= 0.6 is 0 Å². The van der Waals surface area contributed by atoms with Gasteiger partial charge in [0.15, 0.2) is 0 Å². The Hall–Kier alpha value is -5.57. The first-order valence-corrected chi connectivity index (χ1v) is 17.4. The molecule has 0 aliphatic rings. The molecule has 0 unspecified atom stereocenters. The first-order chi connectivity index (χ1) is 29.3. The summed E-state index contributed by atoms with van der Waals surface area (Å²) in [5.74, 6) is -0.382. The average molecular weight is 893 g/mol. The van der Waals surface area contributed by atoms with Crippen LogP contribution < -0.4 is 0 Å². The molecular formula is C49H42N3OPt-. The Morgan fingerprint density at radius 1 is 0.741 bits per heavy atom. The SMILES string of the molecule is [2H]c1nc(-c2[c-]c(-c3cccc4c3nc(-c3ccccc3O)n4-c3ccc(C([2H])(C)C)cc3-c3ccccc3)cc(C(C)(C)C)c2)c([2H])c(-c2c([2H])c([2H])c([2H])c([2H])c2[2H])c1[2H].[Pt]. The molecule has 0 aliphatic heterocycles. The van der Waals surface area contributed by atoms with E-state index in [0.717, 1.165) is 27.9 Å². The number of rotatable bonds is 7. The third-order valence-corrected chi connectivity index (χ3v) is 9.35. The van der Waals surface area contributed by atoms with E-state index in [0.29, 0.717) is 39.1 Å². The van der Waals surface area contributed by atoms with Crippen LogP contribution in [0.25, 0.3) is 72.7 Å². The van der Waals surface area contributed by atoms with Crippen LogP contribution in [0.3, 0.4) is 0 Å². The Morgan fingerprint density at radius 2 is 1.46 bits per heavy atom. The summed E-state index contributed by atoms with van der Waals surface area (Å²) in [6.45, 7) is 9.79. The molecule has 0 radical (unpaired) electrons. The van der Waals surface area contributed by atoms with Gasteiger partial charge >= 0.3 is 0 Å². The Labute approximate surface area is 345 Å². The van der Waals surface area contributed by atoms with Gasteiger partial charge in [0.1, 0.15) is 11.6 Å². The second kappa shape index (κ2) is 15.0. The molecule has 5 heteroatoms. The molecule has 6 aromatic carbocycles. The van der Waals surface area contributed by atoms with Crippen molar-refractivity contribution in [2.75, 3.05) is 0 Å². The van der Waals surface area contributed by atoms with Crippen molar-refractivity contribution in [1.82, 2.24) is 14.5 Å². The summed E-state index contributed by atoms with van der Waals surface area (Å²) in [6, 6.07) is 32.0. The van der Waals surface area contributed by atoms with E-state index in [1.165, 1.54) is 0 Å². The number of aromatic hydroxyl groups is 1. The van der Waals surface area contributed by atoms with Crippen LogP contribution in [0.2, 0.25) is 0 Å². The molecule has 54 heavy (non-hydrogen) atoms. The third kappa shape index (κ3) is 7.07. The molecule has 0 atom stereocenters. The van der Waals surface area contributed by atoms with Gasteiger partial charge in [-0.25, -0.2) is 4.98 Å². The zero-order valence-electron chi connectivity index (χ0n) is 39.4. The molecule has 0 spiro atoms. The number of nitrogens with zero attached hydrogens (tertiary/aromatic N) is 3. The fourth-order valence-corrected chi connectivity index (χ4v) is 6.52. The number of benzene rings is 6. The number of fused-ring (bicyclic) bond motifs is 1. The summed E-state index contributed by atoms with van der Waals surface area (Å²) in [6.07, 6.45) is -0.531. The van der Waals surface area contributed by atoms with E-state index in [2.05, 4.69) is 11.1 Å². The van der Waals surface area contributed by atoms with E-state index < -0.39 is 53.7 Å². The van der Waals surface area contributed by atoms with Gasteiger partial charge in [-0.2, -0.15) is 0 Å². The Balaban J connectivity index is 0.00000595. The van der Waals surface area contributed by atoms with Crippen LogP contribution in [-0.2, 0) is 26.5 Å². The van der Waals surface area contributed by atoms with Gasteiger partial charge in [0.05, 0.1) is 33.3 Å². The van der Waals surface area contributed by atoms with Gasteiger partial charge in [-0.05, 0) is 69.9 Å². The largest absolute Gasteiger partial charge is 0.507 e. The van der Waals surface area contributed by atoms with Gasteiger partial charge in [0.25, 0.3) is 0 Å². The molecule has 0 saturated heterocycles. The number of imidazole rings is 1. The Morgan fingerprint density at radius 3 is 2.20 bits per heavy atom. The van der Waals surface area contributed by atoms with Gasteiger partial charge in [0, 0.05) is 39.9 Å². The second-order valence-corrected chi connectivity index (χ2v) is 14.2. The quantitative estimate of drug-likeness (QED) is 0.162. The van der Waals surface area contributed by atoms with Crippen molar-refractivity contribution in [3.05, 3.63) is 169 Å². The van der Waals surface area contributed by atoms with Crippen LogP contribution in [0.15, 0.2) is 152 Å². The van der Waals surface area contributed by atoms with Crippen molar-refractivity contribution < 1.29 is 38.5 Å². The van der Waals surface area contributed by atoms with Gasteiger partial charge in [-0.15, -0.1) is 29.3 Å². The summed E-state index contributed by atoms with van der Waals surface area (Å²) in [7, 11) is 0. The number of phenolic OH excluding ortho intramolecular Hbond substituents is 1. The van der Waals surface area contributed by atoms with Crippen molar-refractivity contribution in [2.24, 2.45) is 0 Å². The van der Waals surface area contributed by atoms with E-state index >= 15 is 0 Å². The number of aromatic nitrogens is 3. The van der Waals surface area contributed by atoms with Crippen LogP contribution in [0.1, 0.15) is 64.0 Å². The monoisotopic (exact) mass is 892 g/mol. The minimum absolute atomic E-state index is 0. The predicted octanol–water partition coefficient (Wildman–Crippen LogP) is 12.7. The summed E-state index contributed by atoms with van der Waals surface area (Å²) in [5.41, 5.74) is 6.39. The van der Waals surface area contributed by atoms with E-state index in [4.69, 9.17) is 16.0 Å². The van der Waals surface area contributed by atoms with E-state index in [1.807, 2.05) is 130 Å². The molecule has 2 aromatic heterocycles. The van der Waals surface area contributed by atoms with Crippen LogP contribution in [-0.4, -0.2) is 19.6 Å². The molecule has 0 aliphatic carbocycles. The molecular weight excluding hydrogens is 842 g/mol. The second-order valence-electron chi connectivity index (χ2n) is 14.2. The van der Waals surface area contributed by atoms with Crippen molar-refractivity contribution in [3.8, 4) is 67.5 Å². The minimum Gasteiger partial charge on any atom is -0.507 e. The fourth-order valence-electron chi connectivity index (χ4n) is 6.52. The zero-order chi connectivity index (χ0) is 44.6. The van der Waals surface area contributed by atoms with Crippen molar-refractivity contribution in [1.29, 1.82) is 0 Å². The molecule has 0 saturated carbocycles. The predicted molar refractivity (Wildman–Crippen MR) is 219 cm³/mol. The molecule has 0 fully saturated rings. The molecule has 2 heterocycles. The Bertz CT molecular complexity index is 3070. The fraction of sp³-hybridized carbons (Fsp3) is 0.143. The summed E-state index contributed by atoms with van der Waals surface area (Å²) in [4.78, 5) is 9.67. The zero-order valence-corrected chi connectivity index (χ0v) is 32.7. The normalized spacial score (nSPS) is 14.1. The van der Waals surface area contributed by atoms with E-state index in [-0.39, 0.29) is 49.7 Å². The van der Waals surface area contributed by atoms with E-state index in [1.54, 1.807) is 12.1 Å². The summed E-state index contributed by atoms with van der Waals surface area (Å²) in [5, 5.41) is 11.3. The van der Waals surface area contributed by atoms with E-state index in [9.17, 15) is 6.48 Å². The molecule has 1 N–H and O–H groups in total. The van der Waals surface area contributed by atoms with Crippen LogP contribution in [0.4, 0.5) is 0 Å². The maximum Gasteiger partial charge on any atom is 0.148 e. The minimum atomic E-state index is -0.886. The molecule has 8 aromatic rings. The third-order valence-electron chi connectivity index (χ3n) is 9.35. The molecule has 8 rings (SSSR count). The number of phenols is 1. The van der Waals surface area contributed by atoms with Crippen molar-refractivity contribution >= 4 is 11.0 Å². The number of pyridine rings is 1. The maximum absolute atomic E-state index is 11.3. The van der Waals surface area contributed by atoms with Crippen molar-refractivity contribution in [2.45, 2.75) is 45.9 Å². The number of hydrogen-bond donors (Lipinski definition) is 1.